The number of nitrogen functional groups attached to an aromatic ring is 1. The zero-order valence-electron chi connectivity index (χ0n) is 14.8. The summed E-state index contributed by atoms with van der Waals surface area (Å²) >= 11 is 0. The topological polar surface area (TPSA) is 82.2 Å². The van der Waals surface area contributed by atoms with E-state index in [9.17, 15) is 4.79 Å². The third-order valence-electron chi connectivity index (χ3n) is 5.19. The van der Waals surface area contributed by atoms with Gasteiger partial charge < -0.3 is 20.4 Å². The number of methoxy groups -OCH3 is 1. The summed E-state index contributed by atoms with van der Waals surface area (Å²) < 4.78 is 7.29. The van der Waals surface area contributed by atoms with E-state index < -0.39 is 0 Å². The van der Waals surface area contributed by atoms with Crippen molar-refractivity contribution < 1.29 is 4.74 Å². The minimum absolute atomic E-state index is 0. The molecule has 2 aliphatic heterocycles. The smallest absolute Gasteiger partial charge is 0.251 e. The molecule has 2 aliphatic rings. The van der Waals surface area contributed by atoms with Gasteiger partial charge >= 0.3 is 0 Å². The normalized spacial score (nSPS) is 20.4. The van der Waals surface area contributed by atoms with Crippen LogP contribution in [0.4, 0.5) is 5.82 Å². The van der Waals surface area contributed by atoms with Crippen LogP contribution < -0.4 is 21.3 Å². The van der Waals surface area contributed by atoms with Crippen LogP contribution >= 0.6 is 24.8 Å². The Kier molecular flexibility index (Phi) is 6.21. The van der Waals surface area contributed by atoms with E-state index in [0.717, 1.165) is 48.6 Å². The van der Waals surface area contributed by atoms with Crippen molar-refractivity contribution in [2.24, 2.45) is 5.92 Å². The second-order valence-corrected chi connectivity index (χ2v) is 6.78. The highest BCUT2D eigenvalue weighted by Crippen LogP contribution is 2.35. The fourth-order valence-corrected chi connectivity index (χ4v) is 4.00. The molecule has 3 N–H and O–H groups in total. The summed E-state index contributed by atoms with van der Waals surface area (Å²) in [5, 5.41) is 3.47. The van der Waals surface area contributed by atoms with Crippen molar-refractivity contribution in [3.05, 3.63) is 39.9 Å². The summed E-state index contributed by atoms with van der Waals surface area (Å²) in [5.74, 6) is 2.03. The molecular weight excluding hydrogens is 375 g/mol. The van der Waals surface area contributed by atoms with Gasteiger partial charge in [0.1, 0.15) is 11.6 Å². The number of aromatic nitrogens is 2. The van der Waals surface area contributed by atoms with Crippen molar-refractivity contribution in [2.75, 3.05) is 25.9 Å². The zero-order valence-corrected chi connectivity index (χ0v) is 16.5. The molecular formula is C18H24Cl2N4O2. The van der Waals surface area contributed by atoms with Gasteiger partial charge in [-0.1, -0.05) is 0 Å². The first-order chi connectivity index (χ1) is 11.6. The van der Waals surface area contributed by atoms with Crippen LogP contribution in [-0.2, 0) is 6.54 Å². The Morgan fingerprint density at radius 1 is 1.27 bits per heavy atom. The van der Waals surface area contributed by atoms with Crippen LogP contribution in [0.2, 0.25) is 0 Å². The first-order valence-electron chi connectivity index (χ1n) is 8.33. The molecule has 4 heterocycles. The van der Waals surface area contributed by atoms with Crippen molar-refractivity contribution in [1.29, 1.82) is 0 Å². The van der Waals surface area contributed by atoms with E-state index in [1.54, 1.807) is 13.2 Å². The lowest BCUT2D eigenvalue weighted by Crippen LogP contribution is -2.44. The van der Waals surface area contributed by atoms with Gasteiger partial charge in [0.05, 0.1) is 12.8 Å². The minimum Gasteiger partial charge on any atom is -0.495 e. The molecule has 0 aromatic carbocycles. The maximum atomic E-state index is 12.7. The molecule has 2 atom stereocenters. The molecule has 2 aromatic rings. The van der Waals surface area contributed by atoms with Crippen molar-refractivity contribution in [1.82, 2.24) is 14.9 Å². The highest BCUT2D eigenvalue weighted by molar-refractivity contribution is 5.85. The van der Waals surface area contributed by atoms with Crippen LogP contribution in [0, 0.1) is 12.8 Å². The van der Waals surface area contributed by atoms with Gasteiger partial charge in [0.2, 0.25) is 0 Å². The van der Waals surface area contributed by atoms with Crippen molar-refractivity contribution in [2.45, 2.75) is 25.8 Å². The fourth-order valence-electron chi connectivity index (χ4n) is 4.00. The van der Waals surface area contributed by atoms with Gasteiger partial charge in [-0.05, 0) is 43.5 Å². The summed E-state index contributed by atoms with van der Waals surface area (Å²) in [6.45, 7) is 4.57. The summed E-state index contributed by atoms with van der Waals surface area (Å²) in [7, 11) is 1.61. The maximum absolute atomic E-state index is 12.7. The zero-order chi connectivity index (χ0) is 16.8. The lowest BCUT2D eigenvalue weighted by Gasteiger charge is -2.37. The molecule has 142 valence electrons. The molecule has 0 aliphatic carbocycles. The van der Waals surface area contributed by atoms with E-state index in [2.05, 4.69) is 16.4 Å². The summed E-state index contributed by atoms with van der Waals surface area (Å²) in [4.78, 5) is 17.0. The number of hydrogen-bond acceptors (Lipinski definition) is 5. The number of nitrogens with one attached hydrogen (secondary N) is 1. The van der Waals surface area contributed by atoms with Crippen LogP contribution in [0.5, 0.6) is 5.75 Å². The average molecular weight is 399 g/mol. The number of nitrogens with two attached hydrogens (primary N) is 1. The number of hydrogen-bond donors (Lipinski definition) is 2. The number of ether oxygens (including phenoxy) is 1. The molecule has 0 saturated carbocycles. The van der Waals surface area contributed by atoms with Crippen molar-refractivity contribution in [3.63, 3.8) is 0 Å². The predicted molar refractivity (Wildman–Crippen MR) is 108 cm³/mol. The number of fused-ring (bicyclic) bond motifs is 4. The monoisotopic (exact) mass is 398 g/mol. The number of piperidine rings is 1. The maximum Gasteiger partial charge on any atom is 0.251 e. The molecule has 26 heavy (non-hydrogen) atoms. The summed E-state index contributed by atoms with van der Waals surface area (Å²) in [6, 6.07) is 5.63. The van der Waals surface area contributed by atoms with Crippen LogP contribution in [-0.4, -0.2) is 29.8 Å². The lowest BCUT2D eigenvalue weighted by molar-refractivity contribution is 0.257. The molecule has 0 amide bonds. The molecule has 8 heteroatoms. The van der Waals surface area contributed by atoms with Gasteiger partial charge in [-0.25, -0.2) is 4.98 Å². The Morgan fingerprint density at radius 2 is 2.04 bits per heavy atom. The molecule has 4 rings (SSSR count). The molecule has 1 saturated heterocycles. The highest BCUT2D eigenvalue weighted by atomic mass is 35.5. The van der Waals surface area contributed by atoms with Crippen LogP contribution in [0.15, 0.2) is 23.0 Å². The SMILES string of the molecule is COc1cc(-c2cc3n(c(=O)c2)C[C@@H]2CNC[C@H]3C2)c(N)nc1C.Cl.Cl. The van der Waals surface area contributed by atoms with Gasteiger partial charge in [-0.3, -0.25) is 4.79 Å². The van der Waals surface area contributed by atoms with Crippen LogP contribution in [0.1, 0.15) is 23.7 Å². The number of rotatable bonds is 2. The van der Waals surface area contributed by atoms with E-state index in [1.807, 2.05) is 17.6 Å². The molecule has 1 fully saturated rings. The van der Waals surface area contributed by atoms with E-state index in [0.29, 0.717) is 23.4 Å². The molecule has 0 unspecified atom stereocenters. The predicted octanol–water partition coefficient (Wildman–Crippen LogP) is 2.36. The largest absolute Gasteiger partial charge is 0.495 e. The van der Waals surface area contributed by atoms with Gasteiger partial charge in [0.15, 0.2) is 0 Å². The number of anilines is 1. The Bertz CT molecular complexity index is 869. The molecule has 0 radical (unpaired) electrons. The Labute approximate surface area is 165 Å². The third kappa shape index (κ3) is 3.41. The number of aryl methyl sites for hydroxylation is 1. The van der Waals surface area contributed by atoms with E-state index >= 15 is 0 Å². The lowest BCUT2D eigenvalue weighted by atomic mass is 9.83. The van der Waals surface area contributed by atoms with Crippen LogP contribution in [0.3, 0.4) is 0 Å². The van der Waals surface area contributed by atoms with Gasteiger partial charge in [-0.15, -0.1) is 24.8 Å². The van der Waals surface area contributed by atoms with Crippen LogP contribution in [0.25, 0.3) is 11.1 Å². The summed E-state index contributed by atoms with van der Waals surface area (Å²) in [6.07, 6.45) is 1.14. The first kappa shape index (κ1) is 20.6. The van der Waals surface area contributed by atoms with E-state index in [-0.39, 0.29) is 30.4 Å². The van der Waals surface area contributed by atoms with E-state index in [4.69, 9.17) is 10.5 Å². The number of pyridine rings is 2. The molecule has 0 spiro atoms. The summed E-state index contributed by atoms with van der Waals surface area (Å²) in [5.41, 5.74) is 9.57. The standard InChI is InChI=1S/C18H22N4O2.2ClH/c1-10-16(24-2)6-14(18(19)21-10)12-4-15-13-3-11(7-20-8-13)9-22(15)17(23)5-12;;/h4-6,11,13,20H,3,7-9H2,1-2H3,(H2,19,21);2*1H/t11-,13+;;/m0../s1. The quantitative estimate of drug-likeness (QED) is 0.810. The van der Waals surface area contributed by atoms with Gasteiger partial charge in [-0.2, -0.15) is 0 Å². The first-order valence-corrected chi connectivity index (χ1v) is 8.33. The van der Waals surface area contributed by atoms with E-state index in [1.165, 1.54) is 0 Å². The minimum atomic E-state index is 0. The Morgan fingerprint density at radius 3 is 2.77 bits per heavy atom. The Balaban J connectivity index is 0.00000121. The number of halogens is 2. The Hall–Kier alpha value is -1.76. The highest BCUT2D eigenvalue weighted by Gasteiger charge is 2.31. The van der Waals surface area contributed by atoms with Crippen molar-refractivity contribution >= 4 is 30.6 Å². The molecule has 6 nitrogen and oxygen atoms in total. The average Bonchev–Trinajstić information content (AvgIpc) is 2.56. The fraction of sp³-hybridized carbons (Fsp3) is 0.444. The second kappa shape index (κ2) is 7.86. The molecule has 2 bridgehead atoms. The van der Waals surface area contributed by atoms with Gasteiger partial charge in [0.25, 0.3) is 5.56 Å². The van der Waals surface area contributed by atoms with Gasteiger partial charge in [0, 0.05) is 36.3 Å². The second-order valence-electron chi connectivity index (χ2n) is 6.78. The molecule has 2 aromatic heterocycles. The van der Waals surface area contributed by atoms with Crippen molar-refractivity contribution in [3.8, 4) is 16.9 Å². The number of nitrogens with zero attached hydrogens (tertiary/aromatic N) is 2. The third-order valence-corrected chi connectivity index (χ3v) is 5.19.